The number of halogens is 5. The molecule has 1 N–H and O–H groups in total. The molecule has 11 heteroatoms. The molecule has 1 amide bonds. The van der Waals surface area contributed by atoms with Gasteiger partial charge in [0.05, 0.1) is 22.7 Å². The van der Waals surface area contributed by atoms with Crippen LogP contribution in [0.3, 0.4) is 0 Å². The fourth-order valence-electron chi connectivity index (χ4n) is 5.75. The lowest BCUT2D eigenvalue weighted by Gasteiger charge is -2.48. The highest BCUT2D eigenvalue weighted by atomic mass is 19.4. The lowest BCUT2D eigenvalue weighted by atomic mass is 9.71. The van der Waals surface area contributed by atoms with Crippen LogP contribution in [-0.4, -0.2) is 44.4 Å². The number of piperidine rings is 1. The quantitative estimate of drug-likeness (QED) is 0.547. The normalized spacial score (nSPS) is 26.5. The number of amides is 1. The van der Waals surface area contributed by atoms with E-state index in [1.165, 1.54) is 30.6 Å². The Morgan fingerprint density at radius 3 is 2.54 bits per heavy atom. The Morgan fingerprint density at radius 1 is 1.06 bits per heavy atom. The minimum atomic E-state index is -4.70. The maximum absolute atomic E-state index is 14.8. The minimum absolute atomic E-state index is 0.00649. The average Bonchev–Trinajstić information content (AvgIpc) is 3.47. The summed E-state index contributed by atoms with van der Waals surface area (Å²) in [5.41, 5.74) is -1.15. The summed E-state index contributed by atoms with van der Waals surface area (Å²) in [4.78, 5) is 27.1. The summed E-state index contributed by atoms with van der Waals surface area (Å²) in [5.74, 6) is -2.05. The Balaban J connectivity index is 1.28. The van der Waals surface area contributed by atoms with E-state index in [4.69, 9.17) is 0 Å². The number of nitrogens with one attached hydrogen (secondary N) is 1. The number of benzene rings is 1. The number of nitrogens with zero attached hydrogens (tertiary/aromatic N) is 4. The number of aromatic nitrogens is 3. The van der Waals surface area contributed by atoms with Gasteiger partial charge in [-0.3, -0.25) is 4.79 Å². The van der Waals surface area contributed by atoms with Gasteiger partial charge in [-0.25, -0.2) is 23.7 Å². The predicted octanol–water partition coefficient (Wildman–Crippen LogP) is 4.55. The minimum Gasteiger partial charge on any atom is -0.363 e. The lowest BCUT2D eigenvalue weighted by molar-refractivity contribution is -0.138. The van der Waals surface area contributed by atoms with Crippen LogP contribution in [0, 0.1) is 23.0 Å². The van der Waals surface area contributed by atoms with Crippen LogP contribution in [0.25, 0.3) is 11.4 Å². The first kappa shape index (κ1) is 21.9. The summed E-state index contributed by atoms with van der Waals surface area (Å²) in [6, 6.07) is 5.48. The third-order valence-electron chi connectivity index (χ3n) is 7.39. The van der Waals surface area contributed by atoms with Crippen molar-refractivity contribution in [1.29, 1.82) is 0 Å². The molecule has 6 nitrogen and oxygen atoms in total. The van der Waals surface area contributed by atoms with E-state index in [9.17, 15) is 26.7 Å². The molecule has 3 fully saturated rings. The maximum Gasteiger partial charge on any atom is 0.417 e. The van der Waals surface area contributed by atoms with Crippen molar-refractivity contribution >= 4 is 11.7 Å². The Morgan fingerprint density at radius 2 is 1.83 bits per heavy atom. The highest BCUT2D eigenvalue weighted by Gasteiger charge is 2.75. The third kappa shape index (κ3) is 3.35. The molecule has 4 unspecified atom stereocenters. The summed E-state index contributed by atoms with van der Waals surface area (Å²) in [5, 5.41) is 2.90. The second kappa shape index (κ2) is 7.43. The van der Waals surface area contributed by atoms with Crippen LogP contribution in [0.5, 0.6) is 0 Å². The number of hydrogen-bond acceptors (Lipinski definition) is 5. The predicted molar refractivity (Wildman–Crippen MR) is 114 cm³/mol. The highest BCUT2D eigenvalue weighted by molar-refractivity contribution is 6.01. The number of rotatable bonds is 4. The molecule has 1 saturated heterocycles. The number of carbonyl (C=O) groups excluding carboxylic acids is 1. The fraction of sp³-hybridized carbons (Fsp3) is 0.333. The van der Waals surface area contributed by atoms with Crippen LogP contribution >= 0.6 is 0 Å². The van der Waals surface area contributed by atoms with E-state index in [2.05, 4.69) is 20.3 Å². The Hall–Kier alpha value is -3.63. The van der Waals surface area contributed by atoms with Crippen LogP contribution in [0.15, 0.2) is 48.9 Å². The molecule has 0 bridgehead atoms. The average molecular weight is 487 g/mol. The number of anilines is 1. The van der Waals surface area contributed by atoms with Crippen LogP contribution in [0.4, 0.5) is 27.8 Å². The molecular weight excluding hydrogens is 469 g/mol. The number of hydrogen-bond donors (Lipinski definition) is 1. The van der Waals surface area contributed by atoms with Crippen molar-refractivity contribution in [2.24, 2.45) is 11.3 Å². The first-order valence-corrected chi connectivity index (χ1v) is 11.1. The Bertz CT molecular complexity index is 1330. The molecule has 1 aromatic carbocycles. The summed E-state index contributed by atoms with van der Waals surface area (Å²) in [6.07, 6.45) is 0.359. The monoisotopic (exact) mass is 487 g/mol. The molecule has 35 heavy (non-hydrogen) atoms. The molecule has 2 aliphatic carbocycles. The SMILES string of the molecule is O=C(c1cccc(F)c1-c1ncccn1)N1CC2CC23CC(Nc2ncc(C(F)(F)F)cc2F)C13. The standard InChI is InChI=1S/C24H18F5N5O/c25-15-4-1-3-14(18(15)21-30-5-2-6-31-21)22(35)34-11-13-8-23(13)9-17(19(23)34)33-20-16(26)7-12(10-32-20)24(27,28)29/h1-7,10,13,17,19H,8-9,11H2,(H,32,33). The van der Waals surface area contributed by atoms with Crippen molar-refractivity contribution in [2.45, 2.75) is 31.1 Å². The first-order chi connectivity index (χ1) is 16.7. The van der Waals surface area contributed by atoms with Crippen LogP contribution < -0.4 is 5.32 Å². The number of alkyl halides is 3. The van der Waals surface area contributed by atoms with Gasteiger partial charge in [0.25, 0.3) is 5.91 Å². The highest BCUT2D eigenvalue weighted by Crippen LogP contribution is 2.71. The molecule has 1 aliphatic heterocycles. The topological polar surface area (TPSA) is 71.0 Å². The van der Waals surface area contributed by atoms with Crippen molar-refractivity contribution in [3.8, 4) is 11.4 Å². The van der Waals surface area contributed by atoms with Crippen LogP contribution in [0.1, 0.15) is 28.8 Å². The van der Waals surface area contributed by atoms with Gasteiger partial charge in [-0.1, -0.05) is 6.07 Å². The largest absolute Gasteiger partial charge is 0.417 e. The molecule has 1 spiro atoms. The smallest absolute Gasteiger partial charge is 0.363 e. The van der Waals surface area contributed by atoms with Crippen molar-refractivity contribution in [3.63, 3.8) is 0 Å². The molecule has 6 rings (SSSR count). The second-order valence-corrected chi connectivity index (χ2v) is 9.28. The second-order valence-electron chi connectivity index (χ2n) is 9.28. The van der Waals surface area contributed by atoms with Gasteiger partial charge in [-0.2, -0.15) is 13.2 Å². The van der Waals surface area contributed by atoms with Gasteiger partial charge in [-0.05, 0) is 48.4 Å². The van der Waals surface area contributed by atoms with Crippen LogP contribution in [0.2, 0.25) is 0 Å². The van der Waals surface area contributed by atoms with Gasteiger partial charge >= 0.3 is 6.18 Å². The zero-order valence-corrected chi connectivity index (χ0v) is 18.1. The maximum atomic E-state index is 14.8. The van der Waals surface area contributed by atoms with E-state index in [-0.39, 0.29) is 40.1 Å². The molecule has 2 saturated carbocycles. The fourth-order valence-corrected chi connectivity index (χ4v) is 5.75. The molecular formula is C24H18F5N5O. The summed E-state index contributed by atoms with van der Waals surface area (Å²) in [6.45, 7) is 0.468. The third-order valence-corrected chi connectivity index (χ3v) is 7.39. The number of carbonyl (C=O) groups is 1. The van der Waals surface area contributed by atoms with Gasteiger partial charge in [0.1, 0.15) is 5.82 Å². The Kier molecular flexibility index (Phi) is 4.64. The van der Waals surface area contributed by atoms with Crippen molar-refractivity contribution in [1.82, 2.24) is 19.9 Å². The zero-order valence-electron chi connectivity index (χ0n) is 18.1. The number of pyridine rings is 1. The summed E-state index contributed by atoms with van der Waals surface area (Å²) in [7, 11) is 0. The molecule has 180 valence electrons. The van der Waals surface area contributed by atoms with E-state index >= 15 is 0 Å². The van der Waals surface area contributed by atoms with E-state index in [0.717, 1.165) is 6.42 Å². The summed E-state index contributed by atoms with van der Waals surface area (Å²) < 4.78 is 67.7. The van der Waals surface area contributed by atoms with E-state index in [1.807, 2.05) is 0 Å². The Labute approximate surface area is 196 Å². The first-order valence-electron chi connectivity index (χ1n) is 11.1. The van der Waals surface area contributed by atoms with Gasteiger partial charge in [0.15, 0.2) is 17.5 Å². The molecule has 4 atom stereocenters. The van der Waals surface area contributed by atoms with E-state index in [1.54, 1.807) is 11.0 Å². The van der Waals surface area contributed by atoms with Gasteiger partial charge in [-0.15, -0.1) is 0 Å². The van der Waals surface area contributed by atoms with Crippen molar-refractivity contribution in [3.05, 3.63) is 71.7 Å². The summed E-state index contributed by atoms with van der Waals surface area (Å²) >= 11 is 0. The lowest BCUT2D eigenvalue weighted by Crippen LogP contribution is -2.60. The van der Waals surface area contributed by atoms with Gasteiger partial charge < -0.3 is 10.2 Å². The molecule has 3 aliphatic rings. The van der Waals surface area contributed by atoms with E-state index < -0.39 is 35.3 Å². The molecule has 3 aromatic rings. The zero-order chi connectivity index (χ0) is 24.5. The molecule has 2 aromatic heterocycles. The van der Waals surface area contributed by atoms with Crippen molar-refractivity contribution < 1.29 is 26.7 Å². The molecule has 0 radical (unpaired) electrons. The van der Waals surface area contributed by atoms with Gasteiger partial charge in [0, 0.05) is 31.2 Å². The molecule has 3 heterocycles. The van der Waals surface area contributed by atoms with Crippen LogP contribution in [-0.2, 0) is 6.18 Å². The van der Waals surface area contributed by atoms with E-state index in [0.29, 0.717) is 25.2 Å². The van der Waals surface area contributed by atoms with Gasteiger partial charge in [0.2, 0.25) is 0 Å². The van der Waals surface area contributed by atoms with Crippen molar-refractivity contribution in [2.75, 3.05) is 11.9 Å². The number of likely N-dealkylation sites (tertiary alicyclic amines) is 1.